The molecule has 0 atom stereocenters. The van der Waals surface area contributed by atoms with E-state index in [4.69, 9.17) is 0 Å². The van der Waals surface area contributed by atoms with Crippen LogP contribution in [0, 0.1) is 0 Å². The van der Waals surface area contributed by atoms with Crippen LogP contribution in [-0.4, -0.2) is 20.2 Å². The van der Waals surface area contributed by atoms with Gasteiger partial charge in [0.2, 0.25) is 0 Å². The molecule has 0 unspecified atom stereocenters. The third-order valence-corrected chi connectivity index (χ3v) is 3.05. The average Bonchev–Trinajstić information content (AvgIpc) is 2.48. The molecule has 3 rings (SSSR count). The summed E-state index contributed by atoms with van der Waals surface area (Å²) < 4.78 is 0. The van der Waals surface area contributed by atoms with Crippen LogP contribution in [-0.2, 0) is 6.54 Å². The second-order valence-electron chi connectivity index (χ2n) is 4.40. The maximum absolute atomic E-state index is 9.73. The van der Waals surface area contributed by atoms with Crippen molar-refractivity contribution in [3.8, 4) is 11.5 Å². The molecule has 0 aliphatic rings. The van der Waals surface area contributed by atoms with E-state index < -0.39 is 0 Å². The van der Waals surface area contributed by atoms with Gasteiger partial charge in [0, 0.05) is 30.2 Å². The monoisotopic (exact) mass is 267 g/mol. The molecule has 3 aromatic rings. The first-order valence-corrected chi connectivity index (χ1v) is 6.18. The van der Waals surface area contributed by atoms with E-state index >= 15 is 0 Å². The van der Waals surface area contributed by atoms with Gasteiger partial charge in [-0.1, -0.05) is 12.1 Å². The lowest BCUT2D eigenvalue weighted by Crippen LogP contribution is -2.00. The number of aromatic nitrogens is 2. The van der Waals surface area contributed by atoms with Crippen LogP contribution in [0.15, 0.2) is 48.8 Å². The normalized spacial score (nSPS) is 10.6. The lowest BCUT2D eigenvalue weighted by atomic mass is 10.2. The Morgan fingerprint density at radius 3 is 2.60 bits per heavy atom. The van der Waals surface area contributed by atoms with Crippen molar-refractivity contribution in [2.75, 3.05) is 5.32 Å². The molecule has 0 radical (unpaired) electrons. The van der Waals surface area contributed by atoms with Crippen molar-refractivity contribution in [1.29, 1.82) is 0 Å². The Morgan fingerprint density at radius 2 is 1.75 bits per heavy atom. The average molecular weight is 267 g/mol. The van der Waals surface area contributed by atoms with Crippen molar-refractivity contribution < 1.29 is 10.2 Å². The summed E-state index contributed by atoms with van der Waals surface area (Å²) in [7, 11) is 0. The quantitative estimate of drug-likeness (QED) is 0.636. The van der Waals surface area contributed by atoms with Crippen molar-refractivity contribution in [2.24, 2.45) is 0 Å². The Morgan fingerprint density at radius 1 is 0.950 bits per heavy atom. The highest BCUT2D eigenvalue weighted by Gasteiger charge is 2.05. The fourth-order valence-electron chi connectivity index (χ4n) is 1.99. The number of hydrogen-bond acceptors (Lipinski definition) is 5. The maximum Gasteiger partial charge on any atom is 0.162 e. The Labute approximate surface area is 115 Å². The molecule has 0 bridgehead atoms. The third-order valence-electron chi connectivity index (χ3n) is 3.05. The topological polar surface area (TPSA) is 78.3 Å². The van der Waals surface area contributed by atoms with E-state index in [0.717, 1.165) is 16.7 Å². The van der Waals surface area contributed by atoms with Gasteiger partial charge in [-0.3, -0.25) is 9.97 Å². The van der Waals surface area contributed by atoms with Crippen LogP contribution >= 0.6 is 0 Å². The summed E-state index contributed by atoms with van der Waals surface area (Å²) in [4.78, 5) is 8.44. The lowest BCUT2D eigenvalue weighted by Gasteiger charge is -2.09. The summed E-state index contributed by atoms with van der Waals surface area (Å²) in [5, 5.41) is 22.4. The highest BCUT2D eigenvalue weighted by Crippen LogP contribution is 2.28. The molecule has 1 heterocycles. The fourth-order valence-corrected chi connectivity index (χ4v) is 1.99. The number of aromatic hydroxyl groups is 2. The standard InChI is InChI=1S/C15H13N3O2/c19-14-3-1-2-10(15(14)20)9-18-11-4-5-12-13(8-11)17-7-6-16-12/h1-8,18-20H,9H2. The van der Waals surface area contributed by atoms with Gasteiger partial charge in [0.25, 0.3) is 0 Å². The molecule has 0 amide bonds. The van der Waals surface area contributed by atoms with E-state index in [1.165, 1.54) is 6.07 Å². The van der Waals surface area contributed by atoms with Gasteiger partial charge < -0.3 is 15.5 Å². The molecule has 20 heavy (non-hydrogen) atoms. The molecular formula is C15H13N3O2. The van der Waals surface area contributed by atoms with E-state index in [1.807, 2.05) is 18.2 Å². The van der Waals surface area contributed by atoms with Gasteiger partial charge in [-0.2, -0.15) is 0 Å². The number of nitrogens with zero attached hydrogens (tertiary/aromatic N) is 2. The van der Waals surface area contributed by atoms with Crippen molar-refractivity contribution in [2.45, 2.75) is 6.54 Å². The van der Waals surface area contributed by atoms with Gasteiger partial charge in [-0.25, -0.2) is 0 Å². The predicted molar refractivity (Wildman–Crippen MR) is 76.6 cm³/mol. The summed E-state index contributed by atoms with van der Waals surface area (Å²) in [6.45, 7) is 0.409. The highest BCUT2D eigenvalue weighted by atomic mass is 16.3. The second kappa shape index (κ2) is 5.05. The molecule has 0 aliphatic carbocycles. The molecule has 0 spiro atoms. The van der Waals surface area contributed by atoms with Gasteiger partial charge >= 0.3 is 0 Å². The molecule has 2 aromatic carbocycles. The summed E-state index contributed by atoms with van der Waals surface area (Å²) >= 11 is 0. The van der Waals surface area contributed by atoms with Crippen LogP contribution in [0.4, 0.5) is 5.69 Å². The van der Waals surface area contributed by atoms with Crippen LogP contribution in [0.1, 0.15) is 5.56 Å². The summed E-state index contributed by atoms with van der Waals surface area (Å²) in [5.74, 6) is -0.214. The third kappa shape index (κ3) is 2.33. The van der Waals surface area contributed by atoms with Gasteiger partial charge in [0.1, 0.15) is 0 Å². The van der Waals surface area contributed by atoms with Crippen molar-refractivity contribution in [1.82, 2.24) is 9.97 Å². The van der Waals surface area contributed by atoms with E-state index in [1.54, 1.807) is 24.5 Å². The largest absolute Gasteiger partial charge is 0.504 e. The van der Waals surface area contributed by atoms with Crippen molar-refractivity contribution >= 4 is 16.7 Å². The summed E-state index contributed by atoms with van der Waals surface area (Å²) in [6, 6.07) is 10.6. The minimum Gasteiger partial charge on any atom is -0.504 e. The number of hydrogen-bond donors (Lipinski definition) is 3. The number of para-hydroxylation sites is 1. The molecule has 0 saturated carbocycles. The Hall–Kier alpha value is -2.82. The van der Waals surface area contributed by atoms with Crippen molar-refractivity contribution in [3.63, 3.8) is 0 Å². The van der Waals surface area contributed by atoms with Gasteiger partial charge in [-0.15, -0.1) is 0 Å². The predicted octanol–water partition coefficient (Wildman–Crippen LogP) is 2.65. The Bertz CT molecular complexity index is 759. The number of anilines is 1. The molecule has 5 heteroatoms. The molecule has 3 N–H and O–H groups in total. The second-order valence-corrected chi connectivity index (χ2v) is 4.40. The summed E-state index contributed by atoms with van der Waals surface area (Å²) in [5.41, 5.74) is 3.14. The van der Waals surface area contributed by atoms with Crippen LogP contribution in [0.25, 0.3) is 11.0 Å². The molecule has 0 fully saturated rings. The zero-order chi connectivity index (χ0) is 13.9. The number of fused-ring (bicyclic) bond motifs is 1. The first-order chi connectivity index (χ1) is 9.74. The Kier molecular flexibility index (Phi) is 3.09. The first-order valence-electron chi connectivity index (χ1n) is 6.18. The molecule has 1 aromatic heterocycles. The molecule has 0 aliphatic heterocycles. The first kappa shape index (κ1) is 12.2. The van der Waals surface area contributed by atoms with Gasteiger partial charge in [-0.05, 0) is 24.3 Å². The minimum absolute atomic E-state index is 0.0967. The number of phenols is 2. The number of rotatable bonds is 3. The van der Waals surface area contributed by atoms with Crippen LogP contribution in [0.2, 0.25) is 0 Å². The number of benzene rings is 2. The zero-order valence-electron chi connectivity index (χ0n) is 10.6. The minimum atomic E-state index is -0.117. The smallest absolute Gasteiger partial charge is 0.162 e. The van der Waals surface area contributed by atoms with E-state index in [9.17, 15) is 10.2 Å². The van der Waals surface area contributed by atoms with E-state index in [2.05, 4.69) is 15.3 Å². The summed E-state index contributed by atoms with van der Waals surface area (Å²) in [6.07, 6.45) is 3.30. The van der Waals surface area contributed by atoms with Crippen LogP contribution < -0.4 is 5.32 Å². The fraction of sp³-hybridized carbons (Fsp3) is 0.0667. The molecular weight excluding hydrogens is 254 g/mol. The van der Waals surface area contributed by atoms with Crippen LogP contribution in [0.3, 0.4) is 0 Å². The zero-order valence-corrected chi connectivity index (χ0v) is 10.6. The number of nitrogens with one attached hydrogen (secondary N) is 1. The molecule has 5 nitrogen and oxygen atoms in total. The van der Waals surface area contributed by atoms with E-state index in [0.29, 0.717) is 12.1 Å². The SMILES string of the molecule is Oc1cccc(CNc2ccc3nccnc3c2)c1O. The molecule has 0 saturated heterocycles. The lowest BCUT2D eigenvalue weighted by molar-refractivity contribution is 0.400. The van der Waals surface area contributed by atoms with E-state index in [-0.39, 0.29) is 11.5 Å². The maximum atomic E-state index is 9.73. The Balaban J connectivity index is 1.81. The van der Waals surface area contributed by atoms with Gasteiger partial charge in [0.15, 0.2) is 11.5 Å². The molecule has 100 valence electrons. The van der Waals surface area contributed by atoms with Crippen molar-refractivity contribution in [3.05, 3.63) is 54.4 Å². The number of phenolic OH excluding ortho intramolecular Hbond substituents is 2. The van der Waals surface area contributed by atoms with Crippen LogP contribution in [0.5, 0.6) is 11.5 Å². The van der Waals surface area contributed by atoms with Gasteiger partial charge in [0.05, 0.1) is 11.0 Å². The highest BCUT2D eigenvalue weighted by molar-refractivity contribution is 5.78.